The molecule has 0 spiro atoms. The molecule has 12 aromatic carbocycles. The summed E-state index contributed by atoms with van der Waals surface area (Å²) in [6, 6.07) is 94.0. The number of nitrogens with zero attached hydrogens (tertiary/aromatic N) is 2. The molecule has 0 aliphatic rings. The Hall–Kier alpha value is -8.98. The molecule has 0 saturated heterocycles. The van der Waals surface area contributed by atoms with E-state index >= 15 is 0 Å². The summed E-state index contributed by atoms with van der Waals surface area (Å²) in [7, 11) is 0. The van der Waals surface area contributed by atoms with E-state index in [4.69, 9.17) is 0 Å². The molecule has 316 valence electrons. The Kier molecular flexibility index (Phi) is 8.62. The third kappa shape index (κ3) is 5.98. The Morgan fingerprint density at radius 2 is 0.618 bits per heavy atom. The Morgan fingerprint density at radius 3 is 1.15 bits per heavy atom. The van der Waals surface area contributed by atoms with E-state index in [1.807, 2.05) is 0 Å². The van der Waals surface area contributed by atoms with Gasteiger partial charge < -0.3 is 9.13 Å². The first-order chi connectivity index (χ1) is 33.7. The fourth-order valence-electron chi connectivity index (χ4n) is 11.2. The molecular formula is C66H42N2. The maximum absolute atomic E-state index is 2.47. The van der Waals surface area contributed by atoms with Gasteiger partial charge in [0.05, 0.1) is 22.1 Å². The van der Waals surface area contributed by atoms with Crippen LogP contribution in [0.3, 0.4) is 0 Å². The molecule has 2 aromatic heterocycles. The van der Waals surface area contributed by atoms with E-state index in [1.165, 1.54) is 120 Å². The van der Waals surface area contributed by atoms with Crippen LogP contribution in [0.15, 0.2) is 255 Å². The van der Waals surface area contributed by atoms with E-state index in [9.17, 15) is 0 Å². The second-order valence-corrected chi connectivity index (χ2v) is 18.0. The van der Waals surface area contributed by atoms with E-state index in [2.05, 4.69) is 264 Å². The quantitative estimate of drug-likeness (QED) is 0.147. The van der Waals surface area contributed by atoms with Crippen molar-refractivity contribution in [1.29, 1.82) is 0 Å². The summed E-state index contributed by atoms with van der Waals surface area (Å²) >= 11 is 0. The minimum Gasteiger partial charge on any atom is -0.309 e. The first-order valence-corrected chi connectivity index (χ1v) is 23.5. The summed E-state index contributed by atoms with van der Waals surface area (Å²) in [4.78, 5) is 0. The van der Waals surface area contributed by atoms with Crippen LogP contribution in [0, 0.1) is 0 Å². The van der Waals surface area contributed by atoms with Crippen LogP contribution in [0.4, 0.5) is 0 Å². The first kappa shape index (κ1) is 38.3. The van der Waals surface area contributed by atoms with E-state index in [-0.39, 0.29) is 0 Å². The fourth-order valence-corrected chi connectivity index (χ4v) is 11.2. The molecule has 14 aromatic rings. The van der Waals surface area contributed by atoms with Crippen molar-refractivity contribution in [3.63, 3.8) is 0 Å². The van der Waals surface area contributed by atoms with Gasteiger partial charge in [-0.3, -0.25) is 0 Å². The van der Waals surface area contributed by atoms with E-state index in [0.717, 1.165) is 11.4 Å². The second-order valence-electron chi connectivity index (χ2n) is 18.0. The summed E-state index contributed by atoms with van der Waals surface area (Å²) in [6.45, 7) is 0. The number of benzene rings is 12. The lowest BCUT2D eigenvalue weighted by Crippen LogP contribution is -1.94. The van der Waals surface area contributed by atoms with Crippen molar-refractivity contribution in [2.75, 3.05) is 0 Å². The van der Waals surface area contributed by atoms with Crippen LogP contribution in [0.1, 0.15) is 0 Å². The van der Waals surface area contributed by atoms with Crippen LogP contribution in [0.25, 0.3) is 132 Å². The lowest BCUT2D eigenvalue weighted by molar-refractivity contribution is 1.18. The second kappa shape index (κ2) is 15.3. The summed E-state index contributed by atoms with van der Waals surface area (Å²) < 4.78 is 4.84. The zero-order chi connectivity index (χ0) is 44.7. The van der Waals surface area contributed by atoms with E-state index in [1.54, 1.807) is 0 Å². The van der Waals surface area contributed by atoms with Gasteiger partial charge >= 0.3 is 0 Å². The van der Waals surface area contributed by atoms with Gasteiger partial charge in [-0.25, -0.2) is 0 Å². The zero-order valence-corrected chi connectivity index (χ0v) is 37.1. The molecule has 0 aliphatic carbocycles. The highest BCUT2D eigenvalue weighted by Gasteiger charge is 2.20. The van der Waals surface area contributed by atoms with Gasteiger partial charge in [0.1, 0.15) is 0 Å². The van der Waals surface area contributed by atoms with Gasteiger partial charge in [0, 0.05) is 32.9 Å². The van der Waals surface area contributed by atoms with Crippen molar-refractivity contribution < 1.29 is 0 Å². The van der Waals surface area contributed by atoms with Crippen molar-refractivity contribution in [2.45, 2.75) is 0 Å². The number of hydrogen-bond acceptors (Lipinski definition) is 0. The van der Waals surface area contributed by atoms with Gasteiger partial charge in [-0.05, 0) is 144 Å². The van der Waals surface area contributed by atoms with Crippen LogP contribution < -0.4 is 0 Å². The normalized spacial score (nSPS) is 11.8. The van der Waals surface area contributed by atoms with E-state index < -0.39 is 0 Å². The van der Waals surface area contributed by atoms with Gasteiger partial charge in [-0.2, -0.15) is 0 Å². The lowest BCUT2D eigenvalue weighted by atomic mass is 9.85. The van der Waals surface area contributed by atoms with Crippen molar-refractivity contribution in [3.05, 3.63) is 255 Å². The number of aromatic nitrogens is 2. The molecule has 0 bridgehead atoms. The molecule has 0 amide bonds. The molecule has 0 atom stereocenters. The predicted octanol–water partition coefficient (Wildman–Crippen LogP) is 18.0. The van der Waals surface area contributed by atoms with Crippen LogP contribution in [-0.2, 0) is 0 Å². The summed E-state index contributed by atoms with van der Waals surface area (Å²) in [5.74, 6) is 0. The Labute approximate surface area is 393 Å². The van der Waals surface area contributed by atoms with Crippen molar-refractivity contribution in [2.24, 2.45) is 0 Å². The highest BCUT2D eigenvalue weighted by Crippen LogP contribution is 2.46. The highest BCUT2D eigenvalue weighted by molar-refractivity contribution is 6.20. The minimum absolute atomic E-state index is 1.15. The zero-order valence-electron chi connectivity index (χ0n) is 37.1. The van der Waals surface area contributed by atoms with Gasteiger partial charge in [-0.15, -0.1) is 0 Å². The molecule has 0 unspecified atom stereocenters. The fraction of sp³-hybridized carbons (Fsp3) is 0. The van der Waals surface area contributed by atoms with Crippen molar-refractivity contribution in [3.8, 4) is 55.9 Å². The largest absolute Gasteiger partial charge is 0.309 e. The Bertz CT molecular complexity index is 4080. The van der Waals surface area contributed by atoms with Gasteiger partial charge in [0.25, 0.3) is 0 Å². The van der Waals surface area contributed by atoms with Crippen molar-refractivity contribution >= 4 is 75.9 Å². The van der Waals surface area contributed by atoms with Crippen LogP contribution >= 0.6 is 0 Å². The average molecular weight is 863 g/mol. The first-order valence-electron chi connectivity index (χ1n) is 23.5. The number of para-hydroxylation sites is 4. The number of rotatable bonds is 6. The van der Waals surface area contributed by atoms with Gasteiger partial charge in [0.2, 0.25) is 0 Å². The van der Waals surface area contributed by atoms with Crippen LogP contribution in [0.5, 0.6) is 0 Å². The molecule has 0 radical (unpaired) electrons. The molecule has 0 N–H and O–H groups in total. The molecule has 2 heterocycles. The van der Waals surface area contributed by atoms with Gasteiger partial charge in [-0.1, -0.05) is 188 Å². The highest BCUT2D eigenvalue weighted by atomic mass is 15.0. The molecule has 0 fully saturated rings. The minimum atomic E-state index is 1.15. The van der Waals surface area contributed by atoms with E-state index in [0.29, 0.717) is 0 Å². The Morgan fingerprint density at radius 1 is 0.206 bits per heavy atom. The van der Waals surface area contributed by atoms with Crippen LogP contribution in [-0.4, -0.2) is 9.13 Å². The predicted molar refractivity (Wildman–Crippen MR) is 289 cm³/mol. The molecule has 2 nitrogen and oxygen atoms in total. The molecule has 68 heavy (non-hydrogen) atoms. The van der Waals surface area contributed by atoms with Crippen LogP contribution in [0.2, 0.25) is 0 Å². The molecule has 0 aliphatic heterocycles. The summed E-state index contributed by atoms with van der Waals surface area (Å²) in [5, 5.41) is 12.4. The summed E-state index contributed by atoms with van der Waals surface area (Å²) in [6.07, 6.45) is 0. The third-order valence-electron chi connectivity index (χ3n) is 14.3. The average Bonchev–Trinajstić information content (AvgIpc) is 3.92. The smallest absolute Gasteiger partial charge is 0.0547 e. The molecule has 2 heteroatoms. The van der Waals surface area contributed by atoms with Crippen molar-refractivity contribution in [1.82, 2.24) is 9.13 Å². The maximum atomic E-state index is 2.47. The SMILES string of the molecule is c1ccc(-c2ccc3cc(-c4c5cccc(-c6ccc7c8ccccc8n(-c8ccccc8)c7c6)c5cc5c(-c6ccc7c8ccccc8n(-c8ccccc8)c7c6)cccc45)ccc3c2)cc1. The summed E-state index contributed by atoms with van der Waals surface area (Å²) in [5.41, 5.74) is 16.8. The van der Waals surface area contributed by atoms with Gasteiger partial charge in [0.15, 0.2) is 0 Å². The lowest BCUT2D eigenvalue weighted by Gasteiger charge is -2.18. The maximum Gasteiger partial charge on any atom is 0.0547 e. The number of fused-ring (bicyclic) bond motifs is 9. The Balaban J connectivity index is 1.04. The number of hydrogen-bond donors (Lipinski definition) is 0. The standard InChI is InChI=1S/C66H42N2/c1-4-16-43(17-5-1)44-30-31-46-39-49(33-32-45(46)38-44)66-58-26-14-24-52(47-34-36-56-54-22-10-12-28-62(54)67(64(56)40-47)50-18-6-2-7-19-50)60(58)42-61-53(25-15-27-59(61)66)48-35-37-57-55-23-11-13-29-63(55)68(65(57)41-48)51-20-8-3-9-21-51/h1-42H. The molecule has 0 saturated carbocycles. The molecule has 14 rings (SSSR count). The topological polar surface area (TPSA) is 9.86 Å². The third-order valence-corrected chi connectivity index (χ3v) is 14.3. The molecular weight excluding hydrogens is 821 g/mol. The monoisotopic (exact) mass is 862 g/mol.